The normalized spacial score (nSPS) is 17.6. The lowest BCUT2D eigenvalue weighted by molar-refractivity contribution is -0.384. The molecule has 0 spiro atoms. The second-order valence-electron chi connectivity index (χ2n) is 7.71. The van der Waals surface area contributed by atoms with Gasteiger partial charge in [0.1, 0.15) is 11.8 Å². The molecule has 1 saturated heterocycles. The maximum absolute atomic E-state index is 11.1. The van der Waals surface area contributed by atoms with E-state index in [0.717, 1.165) is 17.1 Å². The van der Waals surface area contributed by atoms with Crippen molar-refractivity contribution in [1.82, 2.24) is 14.9 Å². The third kappa shape index (κ3) is 3.85. The van der Waals surface area contributed by atoms with Crippen molar-refractivity contribution in [2.75, 3.05) is 4.90 Å². The zero-order chi connectivity index (χ0) is 23.8. The van der Waals surface area contributed by atoms with Gasteiger partial charge in [-0.15, -0.1) is 0 Å². The third-order valence-electron chi connectivity index (χ3n) is 5.72. The number of aromatic hydroxyl groups is 1. The number of phenolic OH excluding ortho intramolecular Hbond substituents is 1. The van der Waals surface area contributed by atoms with Crippen LogP contribution in [0.4, 0.5) is 11.4 Å². The highest BCUT2D eigenvalue weighted by atomic mass is 35.5. The Kier molecular flexibility index (Phi) is 5.64. The smallest absolute Gasteiger partial charge is 0.269 e. The average molecular weight is 492 g/mol. The number of pyridine rings is 1. The van der Waals surface area contributed by atoms with E-state index in [9.17, 15) is 15.2 Å². The van der Waals surface area contributed by atoms with Crippen molar-refractivity contribution in [1.29, 1.82) is 0 Å². The topological polar surface area (TPSA) is 96.5 Å². The average Bonchev–Trinajstić information content (AvgIpc) is 3.45. The number of benzene rings is 2. The fraction of sp³-hybridized carbons (Fsp3) is 0.0833. The van der Waals surface area contributed by atoms with Gasteiger partial charge >= 0.3 is 0 Å². The highest BCUT2D eigenvalue weighted by Crippen LogP contribution is 2.45. The number of nitro groups is 1. The van der Waals surface area contributed by atoms with Gasteiger partial charge in [0, 0.05) is 40.9 Å². The number of rotatable bonds is 5. The van der Waals surface area contributed by atoms with E-state index in [1.54, 1.807) is 30.5 Å². The van der Waals surface area contributed by atoms with E-state index in [1.165, 1.54) is 18.2 Å². The fourth-order valence-electron chi connectivity index (χ4n) is 4.21. The van der Waals surface area contributed by atoms with Gasteiger partial charge in [-0.25, -0.2) is 0 Å². The highest BCUT2D eigenvalue weighted by molar-refractivity contribution is 7.80. The molecule has 1 fully saturated rings. The molecule has 0 aliphatic carbocycles. The van der Waals surface area contributed by atoms with Crippen LogP contribution in [0.5, 0.6) is 5.75 Å². The molecule has 34 heavy (non-hydrogen) atoms. The van der Waals surface area contributed by atoms with Gasteiger partial charge in [-0.05, 0) is 66.8 Å². The molecule has 2 aromatic carbocycles. The van der Waals surface area contributed by atoms with E-state index in [4.69, 9.17) is 23.8 Å². The summed E-state index contributed by atoms with van der Waals surface area (Å²) in [6.45, 7) is 0. The van der Waals surface area contributed by atoms with E-state index in [0.29, 0.717) is 15.8 Å². The van der Waals surface area contributed by atoms with Crippen molar-refractivity contribution in [2.45, 2.75) is 12.1 Å². The molecule has 2 aromatic heterocycles. The van der Waals surface area contributed by atoms with Crippen LogP contribution in [0, 0.1) is 10.1 Å². The Hall–Kier alpha value is -3.95. The monoisotopic (exact) mass is 491 g/mol. The highest BCUT2D eigenvalue weighted by Gasteiger charge is 2.43. The molecular formula is C24H18ClN5O3S. The van der Waals surface area contributed by atoms with Gasteiger partial charge in [-0.1, -0.05) is 17.7 Å². The van der Waals surface area contributed by atoms with Crippen LogP contribution < -0.4 is 10.2 Å². The minimum atomic E-state index is -0.430. The standard InChI is InChI=1S/C24H18ClN5O3S/c25-15-6-11-21(31)20(14-15)29-23(22(27-24(29)34)18-4-1-2-12-26-18)19-5-3-13-28(19)16-7-9-17(10-8-16)30(32)33/h1-14,22-23,31H,(H,27,34)/t22-,23-/m0/s1. The summed E-state index contributed by atoms with van der Waals surface area (Å²) in [6.07, 6.45) is 3.59. The summed E-state index contributed by atoms with van der Waals surface area (Å²) in [7, 11) is 0. The maximum atomic E-state index is 11.1. The number of hydrogen-bond donors (Lipinski definition) is 2. The predicted octanol–water partition coefficient (Wildman–Crippen LogP) is 5.32. The molecule has 4 aromatic rings. The van der Waals surface area contributed by atoms with Crippen LogP contribution in [0.25, 0.3) is 5.69 Å². The number of phenols is 1. The quantitative estimate of drug-likeness (QED) is 0.221. The molecule has 0 bridgehead atoms. The first-order valence-corrected chi connectivity index (χ1v) is 11.1. The first kappa shape index (κ1) is 21.9. The Balaban J connectivity index is 1.67. The number of anilines is 1. The Labute approximate surface area is 205 Å². The second kappa shape index (κ2) is 8.77. The van der Waals surface area contributed by atoms with Crippen molar-refractivity contribution in [3.63, 3.8) is 0 Å². The van der Waals surface area contributed by atoms with E-state index in [-0.39, 0.29) is 17.5 Å². The summed E-state index contributed by atoms with van der Waals surface area (Å²) in [5, 5.41) is 26.0. The van der Waals surface area contributed by atoms with Gasteiger partial charge in [0.25, 0.3) is 5.69 Å². The molecule has 0 unspecified atom stereocenters. The molecule has 170 valence electrons. The first-order chi connectivity index (χ1) is 16.4. The maximum Gasteiger partial charge on any atom is 0.269 e. The van der Waals surface area contributed by atoms with E-state index < -0.39 is 11.0 Å². The number of nitrogens with zero attached hydrogens (tertiary/aromatic N) is 4. The Morgan fingerprint density at radius 1 is 1.09 bits per heavy atom. The van der Waals surface area contributed by atoms with Crippen LogP contribution in [0.1, 0.15) is 23.5 Å². The number of aromatic nitrogens is 2. The van der Waals surface area contributed by atoms with Crippen LogP contribution >= 0.6 is 23.8 Å². The van der Waals surface area contributed by atoms with Gasteiger partial charge in [0.05, 0.1) is 22.3 Å². The number of hydrogen-bond acceptors (Lipinski definition) is 5. The second-order valence-corrected chi connectivity index (χ2v) is 8.53. The molecule has 0 saturated carbocycles. The largest absolute Gasteiger partial charge is 0.506 e. The number of nitrogens with one attached hydrogen (secondary N) is 1. The Morgan fingerprint density at radius 2 is 1.88 bits per heavy atom. The molecule has 8 nitrogen and oxygen atoms in total. The molecule has 1 aliphatic heterocycles. The number of non-ortho nitro benzene ring substituents is 1. The van der Waals surface area contributed by atoms with E-state index in [1.807, 2.05) is 46.0 Å². The van der Waals surface area contributed by atoms with Gasteiger partial charge in [-0.3, -0.25) is 15.1 Å². The lowest BCUT2D eigenvalue weighted by atomic mass is 10.0. The molecule has 0 radical (unpaired) electrons. The summed E-state index contributed by atoms with van der Waals surface area (Å²) < 4.78 is 1.94. The van der Waals surface area contributed by atoms with Crippen molar-refractivity contribution < 1.29 is 10.0 Å². The molecule has 2 atom stereocenters. The summed E-state index contributed by atoms with van der Waals surface area (Å²) in [5.74, 6) is 0.0358. The predicted molar refractivity (Wildman–Crippen MR) is 133 cm³/mol. The molecule has 2 N–H and O–H groups in total. The van der Waals surface area contributed by atoms with Crippen LogP contribution in [-0.4, -0.2) is 24.7 Å². The number of thiocarbonyl (C=S) groups is 1. The van der Waals surface area contributed by atoms with Crippen molar-refractivity contribution in [3.8, 4) is 11.4 Å². The molecule has 5 rings (SSSR count). The molecule has 10 heteroatoms. The van der Waals surface area contributed by atoms with Gasteiger partial charge in [0.2, 0.25) is 0 Å². The van der Waals surface area contributed by atoms with Crippen LogP contribution in [0.3, 0.4) is 0 Å². The summed E-state index contributed by atoms with van der Waals surface area (Å²) in [6, 6.07) is 19.9. The van der Waals surface area contributed by atoms with E-state index in [2.05, 4.69) is 10.3 Å². The molecule has 0 amide bonds. The van der Waals surface area contributed by atoms with Crippen LogP contribution in [-0.2, 0) is 0 Å². The lowest BCUT2D eigenvalue weighted by Gasteiger charge is -2.29. The zero-order valence-corrected chi connectivity index (χ0v) is 19.1. The molecule has 3 heterocycles. The van der Waals surface area contributed by atoms with Gasteiger partial charge < -0.3 is 19.9 Å². The number of nitro benzene ring substituents is 1. The Bertz CT molecular complexity index is 1380. The number of halogens is 1. The van der Waals surface area contributed by atoms with Gasteiger partial charge in [0.15, 0.2) is 5.11 Å². The van der Waals surface area contributed by atoms with Crippen molar-refractivity contribution in [3.05, 3.63) is 112 Å². The van der Waals surface area contributed by atoms with E-state index >= 15 is 0 Å². The molecule has 1 aliphatic rings. The van der Waals surface area contributed by atoms with Crippen LogP contribution in [0.2, 0.25) is 5.02 Å². The fourth-order valence-corrected chi connectivity index (χ4v) is 4.71. The summed E-state index contributed by atoms with van der Waals surface area (Å²) >= 11 is 12.0. The SMILES string of the molecule is O=[N+]([O-])c1ccc(-n2cccc2[C@H]2[C@H](c3ccccn3)NC(=S)N2c2cc(Cl)ccc2O)cc1. The lowest BCUT2D eigenvalue weighted by Crippen LogP contribution is -2.30. The third-order valence-corrected chi connectivity index (χ3v) is 6.27. The first-order valence-electron chi connectivity index (χ1n) is 10.4. The van der Waals surface area contributed by atoms with Gasteiger partial charge in [-0.2, -0.15) is 0 Å². The van der Waals surface area contributed by atoms with Crippen LogP contribution in [0.15, 0.2) is 85.2 Å². The van der Waals surface area contributed by atoms with Crippen molar-refractivity contribution >= 4 is 40.3 Å². The Morgan fingerprint density at radius 3 is 2.59 bits per heavy atom. The summed E-state index contributed by atoms with van der Waals surface area (Å²) in [5.41, 5.74) is 2.84. The molecular weight excluding hydrogens is 474 g/mol. The minimum absolute atomic E-state index is 0.0120. The minimum Gasteiger partial charge on any atom is -0.506 e. The zero-order valence-electron chi connectivity index (χ0n) is 17.6. The van der Waals surface area contributed by atoms with Crippen molar-refractivity contribution in [2.24, 2.45) is 0 Å². The summed E-state index contributed by atoms with van der Waals surface area (Å²) in [4.78, 5) is 17.0.